The second-order valence-electron chi connectivity index (χ2n) is 1.97. The van der Waals surface area contributed by atoms with Gasteiger partial charge in [0.2, 0.25) is 4.73 Å². The molecule has 1 aromatic rings. The summed E-state index contributed by atoms with van der Waals surface area (Å²) in [6.45, 7) is 2.11. The van der Waals surface area contributed by atoms with Crippen molar-refractivity contribution in [1.29, 1.82) is 0 Å². The molecule has 0 bridgehead atoms. The Kier molecular flexibility index (Phi) is 2.74. The molecule has 0 aromatic carbocycles. The molecule has 4 heteroatoms. The molecular weight excluding hydrogens is 194 g/mol. The van der Waals surface area contributed by atoms with Gasteiger partial charge in [0.25, 0.3) is 0 Å². The maximum absolute atomic E-state index is 4.11. The summed E-state index contributed by atoms with van der Waals surface area (Å²) in [6, 6.07) is 0. The quantitative estimate of drug-likeness (QED) is 0.730. The Morgan fingerprint density at radius 2 is 2.40 bits per heavy atom. The summed E-state index contributed by atoms with van der Waals surface area (Å²) in [4.78, 5) is 4.11. The van der Waals surface area contributed by atoms with Crippen LogP contribution in [-0.2, 0) is 6.42 Å². The van der Waals surface area contributed by atoms with E-state index in [-0.39, 0.29) is 0 Å². The van der Waals surface area contributed by atoms with Crippen LogP contribution < -0.4 is 0 Å². The Morgan fingerprint density at radius 1 is 1.60 bits per heavy atom. The lowest BCUT2D eigenvalue weighted by Crippen LogP contribution is -1.93. The van der Waals surface area contributed by atoms with Crippen LogP contribution in [0.1, 0.15) is 19.0 Å². The van der Waals surface area contributed by atoms with E-state index in [2.05, 4.69) is 38.0 Å². The predicted octanol–water partition coefficient (Wildman–Crippen LogP) is 1.59. The summed E-state index contributed by atoms with van der Waals surface area (Å²) in [5.74, 6) is 0. The summed E-state index contributed by atoms with van der Waals surface area (Å²) in [5.41, 5.74) is 0.990. The summed E-state index contributed by atoms with van der Waals surface area (Å²) >= 11 is 3.15. The molecule has 0 atom stereocenters. The average Bonchev–Trinajstić information content (AvgIpc) is 1.88. The van der Waals surface area contributed by atoms with Gasteiger partial charge in [-0.25, -0.2) is 4.98 Å². The van der Waals surface area contributed by atoms with Gasteiger partial charge < -0.3 is 0 Å². The fourth-order valence-corrected chi connectivity index (χ4v) is 1.01. The molecular formula is C6H8BrN3. The van der Waals surface area contributed by atoms with E-state index in [1.807, 2.05) is 0 Å². The molecule has 0 saturated heterocycles. The van der Waals surface area contributed by atoms with E-state index in [4.69, 9.17) is 0 Å². The Hall–Kier alpha value is -0.510. The van der Waals surface area contributed by atoms with Gasteiger partial charge in [-0.3, -0.25) is 0 Å². The zero-order chi connectivity index (χ0) is 7.40. The lowest BCUT2D eigenvalue weighted by Gasteiger charge is -1.93. The third kappa shape index (κ3) is 2.02. The van der Waals surface area contributed by atoms with Crippen molar-refractivity contribution in [1.82, 2.24) is 15.2 Å². The highest BCUT2D eigenvalue weighted by Crippen LogP contribution is 2.01. The van der Waals surface area contributed by atoms with Crippen molar-refractivity contribution >= 4 is 15.9 Å². The SMILES string of the molecule is CCCc1cnnc(Br)n1. The standard InChI is InChI=1S/C6H8BrN3/c1-2-3-5-4-8-10-6(7)9-5/h4H,2-3H2,1H3. The molecule has 0 spiro atoms. The molecule has 3 nitrogen and oxygen atoms in total. The van der Waals surface area contributed by atoms with Crippen LogP contribution in [0.2, 0.25) is 0 Å². The largest absolute Gasteiger partial charge is 0.224 e. The fraction of sp³-hybridized carbons (Fsp3) is 0.500. The van der Waals surface area contributed by atoms with Crippen molar-refractivity contribution in [2.24, 2.45) is 0 Å². The number of aromatic nitrogens is 3. The molecule has 1 rings (SSSR count). The van der Waals surface area contributed by atoms with Gasteiger partial charge in [0.05, 0.1) is 11.9 Å². The van der Waals surface area contributed by atoms with E-state index in [0.29, 0.717) is 4.73 Å². The fourth-order valence-electron chi connectivity index (χ4n) is 0.689. The number of rotatable bonds is 2. The molecule has 10 heavy (non-hydrogen) atoms. The minimum absolute atomic E-state index is 0.568. The Balaban J connectivity index is 2.75. The Bertz CT molecular complexity index is 214. The molecule has 0 amide bonds. The van der Waals surface area contributed by atoms with E-state index in [0.717, 1.165) is 18.5 Å². The first-order chi connectivity index (χ1) is 4.83. The average molecular weight is 202 g/mol. The number of halogens is 1. The van der Waals surface area contributed by atoms with Gasteiger partial charge in [-0.2, -0.15) is 5.10 Å². The summed E-state index contributed by atoms with van der Waals surface area (Å²) in [6.07, 6.45) is 3.74. The molecule has 0 unspecified atom stereocenters. The van der Waals surface area contributed by atoms with Gasteiger partial charge in [-0.1, -0.05) is 13.3 Å². The van der Waals surface area contributed by atoms with Crippen LogP contribution in [0.5, 0.6) is 0 Å². The molecule has 0 saturated carbocycles. The third-order valence-electron chi connectivity index (χ3n) is 1.09. The summed E-state index contributed by atoms with van der Waals surface area (Å²) in [7, 11) is 0. The maximum Gasteiger partial charge on any atom is 0.218 e. The van der Waals surface area contributed by atoms with Gasteiger partial charge in [-0.05, 0) is 22.4 Å². The van der Waals surface area contributed by atoms with Gasteiger partial charge >= 0.3 is 0 Å². The normalized spacial score (nSPS) is 9.80. The molecule has 1 heterocycles. The second kappa shape index (κ2) is 3.61. The first kappa shape index (κ1) is 7.60. The monoisotopic (exact) mass is 201 g/mol. The van der Waals surface area contributed by atoms with Crippen LogP contribution in [0, 0.1) is 0 Å². The van der Waals surface area contributed by atoms with Crippen molar-refractivity contribution in [2.75, 3.05) is 0 Å². The van der Waals surface area contributed by atoms with Gasteiger partial charge in [0.1, 0.15) is 0 Å². The van der Waals surface area contributed by atoms with Crippen LogP contribution in [0.25, 0.3) is 0 Å². The molecule has 1 aromatic heterocycles. The zero-order valence-electron chi connectivity index (χ0n) is 5.71. The lowest BCUT2D eigenvalue weighted by atomic mass is 10.3. The van der Waals surface area contributed by atoms with Crippen LogP contribution in [-0.4, -0.2) is 15.2 Å². The van der Waals surface area contributed by atoms with Gasteiger partial charge in [0, 0.05) is 0 Å². The molecule has 0 aliphatic rings. The van der Waals surface area contributed by atoms with Crippen molar-refractivity contribution in [2.45, 2.75) is 19.8 Å². The number of hydrogen-bond acceptors (Lipinski definition) is 3. The molecule has 0 N–H and O–H groups in total. The number of aryl methyl sites for hydroxylation is 1. The van der Waals surface area contributed by atoms with E-state index >= 15 is 0 Å². The summed E-state index contributed by atoms with van der Waals surface area (Å²) < 4.78 is 0.568. The molecule has 0 aliphatic heterocycles. The number of hydrogen-bond donors (Lipinski definition) is 0. The highest BCUT2D eigenvalue weighted by atomic mass is 79.9. The molecule has 0 fully saturated rings. The van der Waals surface area contributed by atoms with Crippen LogP contribution in [0.15, 0.2) is 10.9 Å². The van der Waals surface area contributed by atoms with Gasteiger partial charge in [0.15, 0.2) is 0 Å². The highest BCUT2D eigenvalue weighted by Gasteiger charge is 1.94. The zero-order valence-corrected chi connectivity index (χ0v) is 7.30. The molecule has 54 valence electrons. The van der Waals surface area contributed by atoms with E-state index < -0.39 is 0 Å². The maximum atomic E-state index is 4.11. The van der Waals surface area contributed by atoms with Crippen molar-refractivity contribution in [3.8, 4) is 0 Å². The Morgan fingerprint density at radius 3 is 3.00 bits per heavy atom. The van der Waals surface area contributed by atoms with E-state index in [1.54, 1.807) is 6.20 Å². The predicted molar refractivity (Wildman–Crippen MR) is 41.5 cm³/mol. The minimum atomic E-state index is 0.568. The smallest absolute Gasteiger partial charge is 0.218 e. The molecule has 0 radical (unpaired) electrons. The third-order valence-corrected chi connectivity index (χ3v) is 1.42. The summed E-state index contributed by atoms with van der Waals surface area (Å²) in [5, 5.41) is 7.42. The topological polar surface area (TPSA) is 38.7 Å². The first-order valence-corrected chi connectivity index (χ1v) is 3.96. The van der Waals surface area contributed by atoms with E-state index in [9.17, 15) is 0 Å². The van der Waals surface area contributed by atoms with Crippen LogP contribution in [0.4, 0.5) is 0 Å². The Labute approximate surface area is 68.0 Å². The van der Waals surface area contributed by atoms with Crippen molar-refractivity contribution < 1.29 is 0 Å². The van der Waals surface area contributed by atoms with E-state index in [1.165, 1.54) is 0 Å². The highest BCUT2D eigenvalue weighted by molar-refractivity contribution is 9.10. The minimum Gasteiger partial charge on any atom is -0.224 e. The lowest BCUT2D eigenvalue weighted by molar-refractivity contribution is 0.820. The second-order valence-corrected chi connectivity index (χ2v) is 2.68. The van der Waals surface area contributed by atoms with Crippen molar-refractivity contribution in [3.63, 3.8) is 0 Å². The van der Waals surface area contributed by atoms with Crippen LogP contribution >= 0.6 is 15.9 Å². The van der Waals surface area contributed by atoms with Gasteiger partial charge in [-0.15, -0.1) is 5.10 Å². The first-order valence-electron chi connectivity index (χ1n) is 3.17. The van der Waals surface area contributed by atoms with Crippen molar-refractivity contribution in [3.05, 3.63) is 16.6 Å². The molecule has 0 aliphatic carbocycles. The number of nitrogens with zero attached hydrogens (tertiary/aromatic N) is 3. The van der Waals surface area contributed by atoms with Crippen LogP contribution in [0.3, 0.4) is 0 Å².